The summed E-state index contributed by atoms with van der Waals surface area (Å²) in [6.45, 7) is 7.65. The van der Waals surface area contributed by atoms with Gasteiger partial charge in [-0.3, -0.25) is 10.2 Å². The SMILES string of the molecule is COCc1c(C(=N)SC)ccc2c1CCC(C(C)ONC(=O)OC(C)(C)C)O2. The Labute approximate surface area is 170 Å². The molecule has 0 aromatic heterocycles. The van der Waals surface area contributed by atoms with Crippen molar-refractivity contribution in [2.45, 2.75) is 65.0 Å². The molecule has 156 valence electrons. The van der Waals surface area contributed by atoms with Crippen molar-refractivity contribution in [3.05, 3.63) is 28.8 Å². The van der Waals surface area contributed by atoms with E-state index in [-0.39, 0.29) is 12.2 Å². The first-order valence-corrected chi connectivity index (χ1v) is 10.5. The number of hydrogen-bond acceptors (Lipinski definition) is 7. The van der Waals surface area contributed by atoms with Crippen LogP contribution in [0.4, 0.5) is 4.79 Å². The lowest BCUT2D eigenvalue weighted by Gasteiger charge is -2.32. The molecule has 2 N–H and O–H groups in total. The molecule has 8 heteroatoms. The van der Waals surface area contributed by atoms with Gasteiger partial charge in [-0.05, 0) is 64.5 Å². The third-order valence-electron chi connectivity index (χ3n) is 4.33. The minimum Gasteiger partial charge on any atom is -0.487 e. The number of carbonyl (C=O) groups excluding carboxylic acids is 1. The third-order valence-corrected chi connectivity index (χ3v) is 4.96. The Balaban J connectivity index is 2.06. The Morgan fingerprint density at radius 2 is 2.14 bits per heavy atom. The Bertz CT molecular complexity index is 717. The summed E-state index contributed by atoms with van der Waals surface area (Å²) in [7, 11) is 1.65. The first-order chi connectivity index (χ1) is 13.2. The lowest BCUT2D eigenvalue weighted by Crippen LogP contribution is -2.41. The van der Waals surface area contributed by atoms with E-state index in [1.807, 2.05) is 25.3 Å². The second-order valence-electron chi connectivity index (χ2n) is 7.66. The smallest absolute Gasteiger partial charge is 0.431 e. The van der Waals surface area contributed by atoms with Crippen LogP contribution < -0.4 is 10.2 Å². The van der Waals surface area contributed by atoms with Crippen molar-refractivity contribution in [2.24, 2.45) is 0 Å². The number of thioether (sulfide) groups is 1. The zero-order valence-electron chi connectivity index (χ0n) is 17.4. The monoisotopic (exact) mass is 410 g/mol. The fourth-order valence-corrected chi connectivity index (χ4v) is 3.45. The maximum absolute atomic E-state index is 11.8. The van der Waals surface area contributed by atoms with Crippen LogP contribution in [0.5, 0.6) is 5.75 Å². The number of hydroxylamine groups is 1. The van der Waals surface area contributed by atoms with E-state index in [1.165, 1.54) is 11.8 Å². The number of nitrogens with one attached hydrogen (secondary N) is 2. The molecule has 1 aromatic carbocycles. The first-order valence-electron chi connectivity index (χ1n) is 9.24. The molecule has 2 unspecified atom stereocenters. The van der Waals surface area contributed by atoms with E-state index in [9.17, 15) is 4.79 Å². The Kier molecular flexibility index (Phi) is 7.74. The molecular formula is C20H30N2O5S. The summed E-state index contributed by atoms with van der Waals surface area (Å²) in [5.74, 6) is 0.772. The van der Waals surface area contributed by atoms with Gasteiger partial charge in [-0.1, -0.05) is 0 Å². The van der Waals surface area contributed by atoms with Crippen molar-refractivity contribution < 1.29 is 23.8 Å². The number of hydrogen-bond donors (Lipinski definition) is 2. The maximum atomic E-state index is 11.8. The number of benzene rings is 1. The van der Waals surface area contributed by atoms with E-state index < -0.39 is 11.7 Å². The first kappa shape index (κ1) is 22.5. The maximum Gasteiger partial charge on any atom is 0.431 e. The van der Waals surface area contributed by atoms with Crippen LogP contribution in [-0.2, 0) is 27.3 Å². The van der Waals surface area contributed by atoms with E-state index in [2.05, 4.69) is 5.48 Å². The van der Waals surface area contributed by atoms with Gasteiger partial charge in [0.15, 0.2) is 0 Å². The molecule has 0 radical (unpaired) electrons. The predicted octanol–water partition coefficient (Wildman–Crippen LogP) is 4.06. The van der Waals surface area contributed by atoms with Gasteiger partial charge in [0.1, 0.15) is 23.6 Å². The predicted molar refractivity (Wildman–Crippen MR) is 110 cm³/mol. The Morgan fingerprint density at radius 1 is 1.43 bits per heavy atom. The molecule has 0 saturated heterocycles. The summed E-state index contributed by atoms with van der Waals surface area (Å²) in [4.78, 5) is 17.2. The summed E-state index contributed by atoms with van der Waals surface area (Å²) >= 11 is 1.40. The molecule has 1 heterocycles. The molecule has 2 rings (SSSR count). The van der Waals surface area contributed by atoms with E-state index in [0.29, 0.717) is 11.7 Å². The molecule has 0 saturated carbocycles. The molecule has 1 aromatic rings. The average Bonchev–Trinajstić information content (AvgIpc) is 2.64. The highest BCUT2D eigenvalue weighted by Gasteiger charge is 2.29. The minimum absolute atomic E-state index is 0.205. The van der Waals surface area contributed by atoms with E-state index >= 15 is 0 Å². The fourth-order valence-electron chi connectivity index (χ4n) is 3.04. The topological polar surface area (TPSA) is 89.9 Å². The highest BCUT2D eigenvalue weighted by Crippen LogP contribution is 2.35. The quantitative estimate of drug-likeness (QED) is 0.418. The molecule has 28 heavy (non-hydrogen) atoms. The van der Waals surface area contributed by atoms with Crippen molar-refractivity contribution >= 4 is 22.9 Å². The van der Waals surface area contributed by atoms with Crippen molar-refractivity contribution in [2.75, 3.05) is 13.4 Å². The molecule has 0 aliphatic carbocycles. The van der Waals surface area contributed by atoms with Gasteiger partial charge in [-0.25, -0.2) is 4.79 Å². The summed E-state index contributed by atoms with van der Waals surface area (Å²) in [6, 6.07) is 3.80. The highest BCUT2D eigenvalue weighted by atomic mass is 32.2. The molecule has 1 aliphatic heterocycles. The average molecular weight is 411 g/mol. The van der Waals surface area contributed by atoms with Crippen molar-refractivity contribution in [1.29, 1.82) is 5.41 Å². The summed E-state index contributed by atoms with van der Waals surface area (Å²) in [5.41, 5.74) is 4.70. The second kappa shape index (κ2) is 9.62. The molecule has 7 nitrogen and oxygen atoms in total. The number of fused-ring (bicyclic) bond motifs is 1. The van der Waals surface area contributed by atoms with Gasteiger partial charge in [0.25, 0.3) is 0 Å². The van der Waals surface area contributed by atoms with Gasteiger partial charge in [0, 0.05) is 18.2 Å². The number of amides is 1. The summed E-state index contributed by atoms with van der Waals surface area (Å²) < 4.78 is 16.7. The highest BCUT2D eigenvalue weighted by molar-refractivity contribution is 8.13. The van der Waals surface area contributed by atoms with Crippen LogP contribution in [0.3, 0.4) is 0 Å². The van der Waals surface area contributed by atoms with Crippen LogP contribution in [0.15, 0.2) is 12.1 Å². The number of methoxy groups -OCH3 is 1. The zero-order chi connectivity index (χ0) is 20.9. The molecule has 0 fully saturated rings. The standard InChI is InChI=1S/C20H30N2O5S/c1-12(27-22-19(23)26-20(2,3)4)16-9-7-13-15(11-24-5)14(18(21)28-6)8-10-17(13)25-16/h8,10,12,16,21H,7,9,11H2,1-6H3,(H,22,23). The Morgan fingerprint density at radius 3 is 2.75 bits per heavy atom. The van der Waals surface area contributed by atoms with Crippen LogP contribution in [0, 0.1) is 5.41 Å². The van der Waals surface area contributed by atoms with Crippen molar-refractivity contribution in [3.8, 4) is 5.75 Å². The van der Waals surface area contributed by atoms with Crippen LogP contribution in [0.2, 0.25) is 0 Å². The lowest BCUT2D eigenvalue weighted by molar-refractivity contribution is -0.0776. The van der Waals surface area contributed by atoms with Crippen LogP contribution in [-0.4, -0.2) is 42.3 Å². The van der Waals surface area contributed by atoms with Gasteiger partial charge in [0.05, 0.1) is 11.7 Å². The van der Waals surface area contributed by atoms with Gasteiger partial charge in [-0.15, -0.1) is 11.8 Å². The van der Waals surface area contributed by atoms with Crippen LogP contribution in [0.1, 0.15) is 50.8 Å². The normalized spacial score (nSPS) is 17.3. The van der Waals surface area contributed by atoms with Crippen LogP contribution >= 0.6 is 11.8 Å². The largest absolute Gasteiger partial charge is 0.487 e. The van der Waals surface area contributed by atoms with Gasteiger partial charge < -0.3 is 14.2 Å². The summed E-state index contributed by atoms with van der Waals surface area (Å²) in [6.07, 6.45) is 2.23. The van der Waals surface area contributed by atoms with Gasteiger partial charge in [0.2, 0.25) is 0 Å². The van der Waals surface area contributed by atoms with Gasteiger partial charge in [-0.2, -0.15) is 5.48 Å². The minimum atomic E-state index is -0.627. The second-order valence-corrected chi connectivity index (χ2v) is 8.47. The van der Waals surface area contributed by atoms with E-state index in [1.54, 1.807) is 27.9 Å². The number of ether oxygens (including phenoxy) is 3. The number of rotatable bonds is 6. The Hall–Kier alpha value is -1.77. The molecule has 1 aliphatic rings. The summed E-state index contributed by atoms with van der Waals surface area (Å²) in [5, 5.41) is 8.68. The third kappa shape index (κ3) is 5.86. The van der Waals surface area contributed by atoms with Crippen molar-refractivity contribution in [1.82, 2.24) is 5.48 Å². The van der Waals surface area contributed by atoms with Crippen LogP contribution in [0.25, 0.3) is 0 Å². The lowest BCUT2D eigenvalue weighted by atomic mass is 9.93. The fraction of sp³-hybridized carbons (Fsp3) is 0.600. The number of carbonyl (C=O) groups is 1. The molecule has 2 atom stereocenters. The van der Waals surface area contributed by atoms with Crippen molar-refractivity contribution in [3.63, 3.8) is 0 Å². The molecule has 0 spiro atoms. The molecule has 0 bridgehead atoms. The van der Waals surface area contributed by atoms with Gasteiger partial charge >= 0.3 is 6.09 Å². The zero-order valence-corrected chi connectivity index (χ0v) is 18.2. The molecular weight excluding hydrogens is 380 g/mol. The molecule has 1 amide bonds. The van der Waals surface area contributed by atoms with E-state index in [4.69, 9.17) is 24.5 Å². The van der Waals surface area contributed by atoms with E-state index in [0.717, 1.165) is 35.3 Å².